The maximum absolute atomic E-state index is 5.74. The van der Waals surface area contributed by atoms with Crippen molar-refractivity contribution in [3.63, 3.8) is 0 Å². The Morgan fingerprint density at radius 1 is 0.762 bits per heavy atom. The molecule has 0 heterocycles. The standard InChI is InChI=1S/C9H12.C8H8Cl2.C2H6/c1-3-9-6-4-5-8(2)7-9;1-2-6-3-7(9)5-8(10)4-6;1-2/h4-7H,3H2,1-2H3;3-5H,2H2,1H3;1-2H3. The van der Waals surface area contributed by atoms with Gasteiger partial charge in [0.2, 0.25) is 0 Å². The molecule has 0 aliphatic heterocycles. The van der Waals surface area contributed by atoms with Crippen LogP contribution in [-0.2, 0) is 12.8 Å². The molecule has 2 aromatic carbocycles. The van der Waals surface area contributed by atoms with Gasteiger partial charge in [0.1, 0.15) is 0 Å². The smallest absolute Gasteiger partial charge is 0.0423 e. The highest BCUT2D eigenvalue weighted by Gasteiger charge is 1.94. The second-order valence-electron chi connectivity index (χ2n) is 4.47. The molecule has 2 aromatic rings. The van der Waals surface area contributed by atoms with E-state index in [9.17, 15) is 0 Å². The lowest BCUT2D eigenvalue weighted by Crippen LogP contribution is -1.78. The van der Waals surface area contributed by atoms with Crippen LogP contribution in [0, 0.1) is 6.92 Å². The Bertz CT molecular complexity index is 498. The first kappa shape index (κ1) is 20.0. The molecule has 0 fully saturated rings. The third kappa shape index (κ3) is 8.80. The fraction of sp³-hybridized carbons (Fsp3) is 0.368. The lowest BCUT2D eigenvalue weighted by Gasteiger charge is -1.97. The second kappa shape index (κ2) is 11.7. The van der Waals surface area contributed by atoms with E-state index < -0.39 is 0 Å². The minimum atomic E-state index is 0.712. The zero-order valence-corrected chi connectivity index (χ0v) is 15.2. The van der Waals surface area contributed by atoms with Crippen molar-refractivity contribution >= 4 is 23.2 Å². The van der Waals surface area contributed by atoms with E-state index in [4.69, 9.17) is 23.2 Å². The van der Waals surface area contributed by atoms with Crippen molar-refractivity contribution in [2.24, 2.45) is 0 Å². The van der Waals surface area contributed by atoms with Crippen molar-refractivity contribution in [1.29, 1.82) is 0 Å². The molecule has 0 atom stereocenters. The summed E-state index contributed by atoms with van der Waals surface area (Å²) < 4.78 is 0. The Labute approximate surface area is 140 Å². The molecule has 0 bridgehead atoms. The van der Waals surface area contributed by atoms with Gasteiger partial charge in [-0.05, 0) is 49.1 Å². The second-order valence-corrected chi connectivity index (χ2v) is 5.35. The summed E-state index contributed by atoms with van der Waals surface area (Å²) >= 11 is 11.5. The van der Waals surface area contributed by atoms with Gasteiger partial charge in [0.05, 0.1) is 0 Å². The average Bonchev–Trinajstić information content (AvgIpc) is 2.49. The van der Waals surface area contributed by atoms with Crippen LogP contribution in [0.2, 0.25) is 10.0 Å². The average molecular weight is 325 g/mol. The van der Waals surface area contributed by atoms with Crippen LogP contribution in [0.15, 0.2) is 42.5 Å². The SMILES string of the molecule is CC.CCc1cc(Cl)cc(Cl)c1.CCc1cccc(C)c1. The largest absolute Gasteiger partial charge is 0.0843 e. The minimum Gasteiger partial charge on any atom is -0.0843 e. The maximum atomic E-state index is 5.74. The van der Waals surface area contributed by atoms with Crippen molar-refractivity contribution in [2.45, 2.75) is 47.5 Å². The fourth-order valence-corrected chi connectivity index (χ4v) is 2.32. The highest BCUT2D eigenvalue weighted by molar-refractivity contribution is 6.34. The Hall–Kier alpha value is -0.980. The summed E-state index contributed by atoms with van der Waals surface area (Å²) in [6.45, 7) is 10.4. The van der Waals surface area contributed by atoms with E-state index in [1.54, 1.807) is 6.07 Å². The van der Waals surface area contributed by atoms with Crippen LogP contribution in [-0.4, -0.2) is 0 Å². The number of benzene rings is 2. The first-order chi connectivity index (χ1) is 10.0. The topological polar surface area (TPSA) is 0 Å². The molecule has 0 N–H and O–H groups in total. The molecule has 0 amide bonds. The highest BCUT2D eigenvalue weighted by Crippen LogP contribution is 2.18. The van der Waals surface area contributed by atoms with Gasteiger partial charge in [-0.3, -0.25) is 0 Å². The van der Waals surface area contributed by atoms with E-state index in [1.165, 1.54) is 16.7 Å². The first-order valence-electron chi connectivity index (χ1n) is 7.55. The van der Waals surface area contributed by atoms with E-state index in [0.29, 0.717) is 10.0 Å². The molecule has 0 unspecified atom stereocenters. The molecule has 0 spiro atoms. The van der Waals surface area contributed by atoms with E-state index in [2.05, 4.69) is 45.0 Å². The minimum absolute atomic E-state index is 0.712. The number of rotatable bonds is 2. The third-order valence-corrected chi connectivity index (χ3v) is 3.26. The van der Waals surface area contributed by atoms with E-state index in [0.717, 1.165) is 12.8 Å². The molecule has 0 saturated carbocycles. The molecule has 0 nitrogen and oxygen atoms in total. The van der Waals surface area contributed by atoms with Crippen LogP contribution >= 0.6 is 23.2 Å². The zero-order chi connectivity index (χ0) is 16.3. The summed E-state index contributed by atoms with van der Waals surface area (Å²) in [6.07, 6.45) is 2.11. The van der Waals surface area contributed by atoms with Crippen LogP contribution in [0.3, 0.4) is 0 Å². The van der Waals surface area contributed by atoms with Gasteiger partial charge >= 0.3 is 0 Å². The lowest BCUT2D eigenvalue weighted by atomic mass is 10.1. The van der Waals surface area contributed by atoms with Gasteiger partial charge in [-0.1, -0.05) is 80.7 Å². The molecule has 21 heavy (non-hydrogen) atoms. The summed E-state index contributed by atoms with van der Waals surface area (Å²) in [6, 6.07) is 14.2. The molecule has 0 aromatic heterocycles. The first-order valence-corrected chi connectivity index (χ1v) is 8.31. The van der Waals surface area contributed by atoms with Crippen molar-refractivity contribution in [2.75, 3.05) is 0 Å². The third-order valence-electron chi connectivity index (χ3n) is 2.82. The molecule has 2 heteroatoms. The Morgan fingerprint density at radius 3 is 1.67 bits per heavy atom. The van der Waals surface area contributed by atoms with Gasteiger partial charge < -0.3 is 0 Å². The maximum Gasteiger partial charge on any atom is 0.0423 e. The van der Waals surface area contributed by atoms with Gasteiger partial charge in [-0.15, -0.1) is 0 Å². The van der Waals surface area contributed by atoms with Gasteiger partial charge in [-0.25, -0.2) is 0 Å². The van der Waals surface area contributed by atoms with Crippen molar-refractivity contribution in [1.82, 2.24) is 0 Å². The number of hydrogen-bond donors (Lipinski definition) is 0. The van der Waals surface area contributed by atoms with E-state index >= 15 is 0 Å². The summed E-state index contributed by atoms with van der Waals surface area (Å²) in [4.78, 5) is 0. The fourth-order valence-electron chi connectivity index (χ4n) is 1.75. The van der Waals surface area contributed by atoms with E-state index in [1.807, 2.05) is 26.0 Å². The van der Waals surface area contributed by atoms with Gasteiger partial charge in [0.15, 0.2) is 0 Å². The number of hydrogen-bond acceptors (Lipinski definition) is 0. The van der Waals surface area contributed by atoms with Crippen molar-refractivity contribution in [3.05, 3.63) is 69.2 Å². The summed E-state index contributed by atoms with van der Waals surface area (Å²) in [5.74, 6) is 0. The summed E-state index contributed by atoms with van der Waals surface area (Å²) in [7, 11) is 0. The predicted molar refractivity (Wildman–Crippen MR) is 97.7 cm³/mol. The Morgan fingerprint density at radius 2 is 1.29 bits per heavy atom. The Balaban J connectivity index is 0.000000342. The normalized spacial score (nSPS) is 9.10. The molecule has 2 rings (SSSR count). The molecular weight excluding hydrogens is 299 g/mol. The molecule has 0 radical (unpaired) electrons. The van der Waals surface area contributed by atoms with Crippen molar-refractivity contribution in [3.8, 4) is 0 Å². The zero-order valence-electron chi connectivity index (χ0n) is 13.7. The lowest BCUT2D eigenvalue weighted by molar-refractivity contribution is 1.13. The van der Waals surface area contributed by atoms with Gasteiger partial charge in [0, 0.05) is 10.0 Å². The van der Waals surface area contributed by atoms with Crippen molar-refractivity contribution < 1.29 is 0 Å². The number of halogens is 2. The molecular formula is C19H26Cl2. The highest BCUT2D eigenvalue weighted by atomic mass is 35.5. The van der Waals surface area contributed by atoms with Gasteiger partial charge in [0.25, 0.3) is 0 Å². The molecule has 0 aliphatic carbocycles. The summed E-state index contributed by atoms with van der Waals surface area (Å²) in [5, 5.41) is 1.42. The van der Waals surface area contributed by atoms with Crippen LogP contribution in [0.4, 0.5) is 0 Å². The van der Waals surface area contributed by atoms with Crippen LogP contribution < -0.4 is 0 Å². The van der Waals surface area contributed by atoms with Crippen LogP contribution in [0.5, 0.6) is 0 Å². The van der Waals surface area contributed by atoms with Gasteiger partial charge in [-0.2, -0.15) is 0 Å². The summed E-state index contributed by atoms with van der Waals surface area (Å²) in [5.41, 5.74) is 3.96. The molecule has 0 saturated heterocycles. The molecule has 116 valence electrons. The monoisotopic (exact) mass is 324 g/mol. The van der Waals surface area contributed by atoms with Crippen LogP contribution in [0.25, 0.3) is 0 Å². The predicted octanol–water partition coefficient (Wildman–Crippen LogP) is 7.14. The van der Waals surface area contributed by atoms with E-state index in [-0.39, 0.29) is 0 Å². The Kier molecular flexibility index (Phi) is 11.1. The number of aryl methyl sites for hydroxylation is 3. The quantitative estimate of drug-likeness (QED) is 0.550. The molecule has 0 aliphatic rings. The van der Waals surface area contributed by atoms with Crippen LogP contribution in [0.1, 0.15) is 44.4 Å².